The van der Waals surface area contributed by atoms with E-state index in [0.717, 1.165) is 5.56 Å². The lowest BCUT2D eigenvalue weighted by atomic mass is 10.1. The van der Waals surface area contributed by atoms with Gasteiger partial charge in [0.25, 0.3) is 0 Å². The highest BCUT2D eigenvalue weighted by atomic mass is 16.5. The van der Waals surface area contributed by atoms with E-state index in [0.29, 0.717) is 24.7 Å². The number of methoxy groups -OCH3 is 1. The van der Waals surface area contributed by atoms with Crippen LogP contribution < -0.4 is 14.8 Å². The Hall–Kier alpha value is -2.24. The van der Waals surface area contributed by atoms with Crippen molar-refractivity contribution in [2.45, 2.75) is 40.2 Å². The maximum absolute atomic E-state index is 12.1. The standard InChI is InChI=1S/C18H27NO5/c1-6-23-15-9-8-14(11-16(15)24-7-2)13(4)19-17(20)10-12(3)18(21)22-5/h8-9,11-13H,6-7,10H2,1-5H3,(H,19,20)/t12-,13+/m0/s1. The maximum atomic E-state index is 12.1. The fraction of sp³-hybridized carbons (Fsp3) is 0.556. The minimum Gasteiger partial charge on any atom is -0.490 e. The SMILES string of the molecule is CCOc1ccc([C@@H](C)NC(=O)C[C@H](C)C(=O)OC)cc1OCC. The van der Waals surface area contributed by atoms with Crippen LogP contribution in [0.2, 0.25) is 0 Å². The van der Waals surface area contributed by atoms with Crippen molar-refractivity contribution in [3.05, 3.63) is 23.8 Å². The third-order valence-corrected chi connectivity index (χ3v) is 3.54. The fourth-order valence-corrected chi connectivity index (χ4v) is 2.28. The van der Waals surface area contributed by atoms with Crippen molar-refractivity contribution < 1.29 is 23.8 Å². The molecule has 0 unspecified atom stereocenters. The quantitative estimate of drug-likeness (QED) is 0.701. The first kappa shape index (κ1) is 19.8. The number of benzene rings is 1. The first-order valence-electron chi connectivity index (χ1n) is 8.19. The summed E-state index contributed by atoms with van der Waals surface area (Å²) in [4.78, 5) is 23.4. The van der Waals surface area contributed by atoms with Crippen LogP contribution in [0.4, 0.5) is 0 Å². The normalized spacial score (nSPS) is 12.9. The summed E-state index contributed by atoms with van der Waals surface area (Å²) in [5, 5.41) is 2.88. The number of rotatable bonds is 9. The second kappa shape index (κ2) is 9.80. The Morgan fingerprint density at radius 1 is 1.08 bits per heavy atom. The third kappa shape index (κ3) is 5.76. The molecule has 1 aromatic rings. The molecule has 0 radical (unpaired) electrons. The van der Waals surface area contributed by atoms with Crippen molar-refractivity contribution in [3.8, 4) is 11.5 Å². The van der Waals surface area contributed by atoms with Gasteiger partial charge in [-0.25, -0.2) is 0 Å². The zero-order valence-electron chi connectivity index (χ0n) is 15.0. The van der Waals surface area contributed by atoms with Crippen LogP contribution in [-0.2, 0) is 14.3 Å². The predicted molar refractivity (Wildman–Crippen MR) is 91.1 cm³/mol. The first-order chi connectivity index (χ1) is 11.4. The Balaban J connectivity index is 2.76. The molecule has 1 aromatic carbocycles. The number of amides is 1. The van der Waals surface area contributed by atoms with Gasteiger partial charge in [-0.3, -0.25) is 9.59 Å². The van der Waals surface area contributed by atoms with Crippen molar-refractivity contribution in [2.75, 3.05) is 20.3 Å². The van der Waals surface area contributed by atoms with Crippen LogP contribution >= 0.6 is 0 Å². The van der Waals surface area contributed by atoms with Gasteiger partial charge < -0.3 is 19.5 Å². The van der Waals surface area contributed by atoms with E-state index in [1.165, 1.54) is 7.11 Å². The topological polar surface area (TPSA) is 73.9 Å². The molecule has 0 aliphatic heterocycles. The molecule has 0 aliphatic rings. The lowest BCUT2D eigenvalue weighted by Gasteiger charge is -2.18. The summed E-state index contributed by atoms with van der Waals surface area (Å²) in [6.45, 7) is 8.45. The number of carbonyl (C=O) groups is 2. The van der Waals surface area contributed by atoms with E-state index in [2.05, 4.69) is 10.1 Å². The molecular weight excluding hydrogens is 310 g/mol. The number of ether oxygens (including phenoxy) is 3. The van der Waals surface area contributed by atoms with Crippen LogP contribution in [0.15, 0.2) is 18.2 Å². The highest BCUT2D eigenvalue weighted by Gasteiger charge is 2.19. The fourth-order valence-electron chi connectivity index (χ4n) is 2.28. The van der Waals surface area contributed by atoms with Crippen molar-refractivity contribution in [2.24, 2.45) is 5.92 Å². The summed E-state index contributed by atoms with van der Waals surface area (Å²) in [6, 6.07) is 5.38. The summed E-state index contributed by atoms with van der Waals surface area (Å²) in [7, 11) is 1.31. The van der Waals surface area contributed by atoms with E-state index in [1.54, 1.807) is 6.92 Å². The second-order valence-electron chi connectivity index (χ2n) is 5.49. The van der Waals surface area contributed by atoms with Crippen molar-refractivity contribution >= 4 is 11.9 Å². The van der Waals surface area contributed by atoms with Gasteiger partial charge in [0.05, 0.1) is 32.3 Å². The van der Waals surface area contributed by atoms with Crippen LogP contribution in [0.25, 0.3) is 0 Å². The molecule has 1 N–H and O–H groups in total. The molecule has 6 nitrogen and oxygen atoms in total. The minimum atomic E-state index is -0.471. The zero-order chi connectivity index (χ0) is 18.1. The van der Waals surface area contributed by atoms with Crippen LogP contribution in [0.5, 0.6) is 11.5 Å². The minimum absolute atomic E-state index is 0.0896. The Bertz CT molecular complexity index is 558. The van der Waals surface area contributed by atoms with Gasteiger partial charge in [0.1, 0.15) is 0 Å². The van der Waals surface area contributed by atoms with Gasteiger partial charge in [-0.2, -0.15) is 0 Å². The van der Waals surface area contributed by atoms with Gasteiger partial charge in [-0.05, 0) is 38.5 Å². The van der Waals surface area contributed by atoms with E-state index in [9.17, 15) is 9.59 Å². The molecule has 0 spiro atoms. The average molecular weight is 337 g/mol. The highest BCUT2D eigenvalue weighted by Crippen LogP contribution is 2.30. The van der Waals surface area contributed by atoms with Gasteiger partial charge in [0.2, 0.25) is 5.91 Å². The van der Waals surface area contributed by atoms with E-state index < -0.39 is 11.9 Å². The van der Waals surface area contributed by atoms with E-state index in [-0.39, 0.29) is 18.4 Å². The summed E-state index contributed by atoms with van der Waals surface area (Å²) in [5.41, 5.74) is 0.904. The first-order valence-corrected chi connectivity index (χ1v) is 8.19. The second-order valence-corrected chi connectivity index (χ2v) is 5.49. The molecule has 24 heavy (non-hydrogen) atoms. The number of carbonyl (C=O) groups excluding carboxylic acids is 2. The summed E-state index contributed by atoms with van der Waals surface area (Å²) in [6.07, 6.45) is 0.0896. The van der Waals surface area contributed by atoms with Crippen LogP contribution in [0.3, 0.4) is 0 Å². The van der Waals surface area contributed by atoms with Gasteiger partial charge in [-0.15, -0.1) is 0 Å². The van der Waals surface area contributed by atoms with Crippen LogP contribution in [0.1, 0.15) is 45.7 Å². The molecule has 0 heterocycles. The third-order valence-electron chi connectivity index (χ3n) is 3.54. The lowest BCUT2D eigenvalue weighted by Crippen LogP contribution is -2.30. The Morgan fingerprint density at radius 3 is 2.29 bits per heavy atom. The van der Waals surface area contributed by atoms with Crippen molar-refractivity contribution in [1.29, 1.82) is 0 Å². The van der Waals surface area contributed by atoms with E-state index in [4.69, 9.17) is 9.47 Å². The van der Waals surface area contributed by atoms with Crippen molar-refractivity contribution in [3.63, 3.8) is 0 Å². The largest absolute Gasteiger partial charge is 0.490 e. The zero-order valence-corrected chi connectivity index (χ0v) is 15.0. The number of hydrogen-bond acceptors (Lipinski definition) is 5. The number of hydrogen-bond donors (Lipinski definition) is 1. The van der Waals surface area contributed by atoms with Gasteiger partial charge in [0.15, 0.2) is 11.5 Å². The number of esters is 1. The molecule has 1 amide bonds. The molecule has 0 saturated heterocycles. The molecule has 0 aromatic heterocycles. The Kier molecular flexibility index (Phi) is 8.09. The summed E-state index contributed by atoms with van der Waals surface area (Å²) < 4.78 is 15.8. The van der Waals surface area contributed by atoms with Crippen LogP contribution in [0, 0.1) is 5.92 Å². The summed E-state index contributed by atoms with van der Waals surface area (Å²) in [5.74, 6) is 0.271. The molecule has 6 heteroatoms. The van der Waals surface area contributed by atoms with Crippen LogP contribution in [-0.4, -0.2) is 32.2 Å². The Labute approximate surface area is 143 Å². The van der Waals surface area contributed by atoms with E-state index >= 15 is 0 Å². The van der Waals surface area contributed by atoms with Gasteiger partial charge >= 0.3 is 5.97 Å². The average Bonchev–Trinajstić information content (AvgIpc) is 2.55. The van der Waals surface area contributed by atoms with Gasteiger partial charge in [0, 0.05) is 6.42 Å². The molecule has 0 aliphatic carbocycles. The molecule has 134 valence electrons. The smallest absolute Gasteiger partial charge is 0.308 e. The molecule has 0 bridgehead atoms. The molecule has 1 rings (SSSR count). The predicted octanol–water partition coefficient (Wildman–Crippen LogP) is 2.86. The summed E-state index contributed by atoms with van der Waals surface area (Å²) >= 11 is 0. The number of nitrogens with one attached hydrogen (secondary N) is 1. The van der Waals surface area contributed by atoms with E-state index in [1.807, 2.05) is 39.0 Å². The molecule has 0 fully saturated rings. The highest BCUT2D eigenvalue weighted by molar-refractivity contribution is 5.83. The monoisotopic (exact) mass is 337 g/mol. The molecule has 2 atom stereocenters. The lowest BCUT2D eigenvalue weighted by molar-refractivity contribution is -0.146. The van der Waals surface area contributed by atoms with Gasteiger partial charge in [-0.1, -0.05) is 13.0 Å². The molecule has 0 saturated carbocycles. The maximum Gasteiger partial charge on any atom is 0.308 e. The van der Waals surface area contributed by atoms with Crippen molar-refractivity contribution in [1.82, 2.24) is 5.32 Å². The molecular formula is C18H27NO5. The Morgan fingerprint density at radius 2 is 1.71 bits per heavy atom.